The molecule has 4 aromatic rings. The number of halogens is 1. The molecule has 1 amide bonds. The molecule has 3 aromatic heterocycles. The molecule has 5 rings (SSSR count). The average Bonchev–Trinajstić information content (AvgIpc) is 3.61. The van der Waals surface area contributed by atoms with Crippen LogP contribution in [0.1, 0.15) is 10.4 Å². The topological polar surface area (TPSA) is 166 Å². The number of rotatable bonds is 4. The van der Waals surface area contributed by atoms with Crippen molar-refractivity contribution in [3.05, 3.63) is 66.4 Å². The summed E-state index contributed by atoms with van der Waals surface area (Å²) in [7, 11) is 0. The van der Waals surface area contributed by atoms with Crippen molar-refractivity contribution in [1.82, 2.24) is 30.0 Å². The number of hydrazine groups is 1. The number of carbonyl (C=O) groups excluding carboxylic acids is 2. The summed E-state index contributed by atoms with van der Waals surface area (Å²) in [6.07, 6.45) is 3.89. The fourth-order valence-corrected chi connectivity index (χ4v) is 4.25. The van der Waals surface area contributed by atoms with Crippen LogP contribution in [-0.2, 0) is 4.79 Å². The van der Waals surface area contributed by atoms with Gasteiger partial charge in [0.05, 0.1) is 34.0 Å². The summed E-state index contributed by atoms with van der Waals surface area (Å²) in [4.78, 5) is 36.4. The van der Waals surface area contributed by atoms with Gasteiger partial charge < -0.3 is 20.6 Å². The molecule has 1 saturated heterocycles. The van der Waals surface area contributed by atoms with Gasteiger partial charge >= 0.3 is 0 Å². The van der Waals surface area contributed by atoms with Crippen LogP contribution in [0, 0.1) is 5.82 Å². The molecule has 1 aromatic carbocycles. The Morgan fingerprint density at radius 3 is 2.47 bits per heavy atom. The maximum Gasteiger partial charge on any atom is 0.295 e. The predicted octanol–water partition coefficient (Wildman–Crippen LogP) is 1.03. The molecule has 13 heteroatoms. The number of anilines is 1. The highest BCUT2D eigenvalue weighted by Crippen LogP contribution is 2.29. The Hall–Kier alpha value is -4.78. The Morgan fingerprint density at radius 1 is 1.08 bits per heavy atom. The SMILES string of the molecule is N/N=C(/N1CCN(C(=O)C(=O)c2c[nH]c3c(-c4ccn[nH]4)ncc(F)c23)CC1)N(N)c1ccccc1. The third kappa shape index (κ3) is 4.01. The first-order valence-electron chi connectivity index (χ1n) is 11.1. The van der Waals surface area contributed by atoms with Gasteiger partial charge in [-0.1, -0.05) is 18.2 Å². The predicted molar refractivity (Wildman–Crippen MR) is 131 cm³/mol. The van der Waals surface area contributed by atoms with Crippen molar-refractivity contribution in [1.29, 1.82) is 0 Å². The van der Waals surface area contributed by atoms with E-state index in [9.17, 15) is 14.0 Å². The number of Topliss-reactive ketones (excluding diaryl/α,β-unsaturated/α-hetero) is 1. The van der Waals surface area contributed by atoms with E-state index in [-0.39, 0.29) is 24.0 Å². The van der Waals surface area contributed by atoms with E-state index in [2.05, 4.69) is 25.3 Å². The number of H-pyrrole nitrogens is 2. The number of para-hydroxylation sites is 1. The van der Waals surface area contributed by atoms with Crippen molar-refractivity contribution in [2.24, 2.45) is 16.8 Å². The van der Waals surface area contributed by atoms with Gasteiger partial charge in [-0.25, -0.2) is 20.2 Å². The standard InChI is InChI=1S/C23H23FN10O2/c24-16-13-28-19(17-6-7-29-31-17)20-18(16)15(12-27-20)21(35)22(36)32-8-10-33(11-9-32)23(30-25)34(26)14-4-2-1-3-5-14/h1-7,12-13,27H,8-11,25-26H2,(H,29,31)/b30-23-. The van der Waals surface area contributed by atoms with E-state index in [1.807, 2.05) is 35.2 Å². The first-order valence-corrected chi connectivity index (χ1v) is 11.1. The number of fused-ring (bicyclic) bond motifs is 1. The molecule has 4 heterocycles. The van der Waals surface area contributed by atoms with Gasteiger partial charge in [0, 0.05) is 38.6 Å². The normalized spacial score (nSPS) is 14.3. The lowest BCUT2D eigenvalue weighted by Crippen LogP contribution is -2.57. The highest BCUT2D eigenvalue weighted by atomic mass is 19.1. The summed E-state index contributed by atoms with van der Waals surface area (Å²) in [5.74, 6) is 9.89. The molecule has 1 fully saturated rings. The van der Waals surface area contributed by atoms with Crippen molar-refractivity contribution < 1.29 is 14.0 Å². The molecule has 0 saturated carbocycles. The first kappa shape index (κ1) is 23.0. The van der Waals surface area contributed by atoms with Crippen molar-refractivity contribution in [3.8, 4) is 11.4 Å². The van der Waals surface area contributed by atoms with Crippen LogP contribution in [0.2, 0.25) is 0 Å². The van der Waals surface area contributed by atoms with Crippen LogP contribution in [0.15, 0.2) is 60.1 Å². The molecule has 12 nitrogen and oxygen atoms in total. The van der Waals surface area contributed by atoms with Gasteiger partial charge in [-0.3, -0.25) is 14.7 Å². The fourth-order valence-electron chi connectivity index (χ4n) is 4.25. The molecular formula is C23H23FN10O2. The zero-order valence-corrected chi connectivity index (χ0v) is 19.1. The fraction of sp³-hybridized carbons (Fsp3) is 0.174. The molecule has 0 spiro atoms. The second kappa shape index (κ2) is 9.46. The van der Waals surface area contributed by atoms with Gasteiger partial charge in [0.1, 0.15) is 5.69 Å². The number of hydrogen-bond acceptors (Lipinski definition) is 7. The summed E-state index contributed by atoms with van der Waals surface area (Å²) in [5.41, 5.74) is 1.88. The quantitative estimate of drug-likeness (QED) is 0.0822. The number of aromatic amines is 2. The number of piperazine rings is 1. The number of aromatic nitrogens is 4. The Labute approximate surface area is 204 Å². The largest absolute Gasteiger partial charge is 0.359 e. The van der Waals surface area contributed by atoms with E-state index in [1.54, 1.807) is 6.07 Å². The number of benzene rings is 1. The van der Waals surface area contributed by atoms with E-state index in [0.717, 1.165) is 6.20 Å². The number of hydrogen-bond donors (Lipinski definition) is 4. The number of ketones is 1. The molecule has 0 atom stereocenters. The van der Waals surface area contributed by atoms with Crippen LogP contribution in [0.4, 0.5) is 10.1 Å². The van der Waals surface area contributed by atoms with E-state index >= 15 is 0 Å². The minimum absolute atomic E-state index is 0.00534. The number of hydrazone groups is 1. The molecule has 36 heavy (non-hydrogen) atoms. The molecular weight excluding hydrogens is 467 g/mol. The van der Waals surface area contributed by atoms with E-state index in [4.69, 9.17) is 11.7 Å². The Kier molecular flexibility index (Phi) is 6.04. The van der Waals surface area contributed by atoms with E-state index < -0.39 is 17.5 Å². The minimum atomic E-state index is -0.812. The van der Waals surface area contributed by atoms with Gasteiger partial charge in [0.15, 0.2) is 5.82 Å². The van der Waals surface area contributed by atoms with Gasteiger partial charge in [-0.2, -0.15) is 5.10 Å². The number of nitrogens with two attached hydrogens (primary N) is 2. The molecule has 0 bridgehead atoms. The molecule has 6 N–H and O–H groups in total. The average molecular weight is 491 g/mol. The van der Waals surface area contributed by atoms with Crippen LogP contribution < -0.4 is 16.7 Å². The van der Waals surface area contributed by atoms with Crippen LogP contribution in [0.25, 0.3) is 22.3 Å². The summed E-state index contributed by atoms with van der Waals surface area (Å²) < 4.78 is 14.7. The number of amides is 1. The third-order valence-corrected chi connectivity index (χ3v) is 6.07. The molecule has 0 aliphatic carbocycles. The maximum absolute atomic E-state index is 14.7. The van der Waals surface area contributed by atoms with Gasteiger partial charge in [-0.15, -0.1) is 5.10 Å². The highest BCUT2D eigenvalue weighted by Gasteiger charge is 2.31. The molecule has 1 aliphatic heterocycles. The van der Waals surface area contributed by atoms with Crippen molar-refractivity contribution in [2.75, 3.05) is 31.2 Å². The summed E-state index contributed by atoms with van der Waals surface area (Å²) in [6.45, 7) is 1.17. The molecule has 1 aliphatic rings. The van der Waals surface area contributed by atoms with E-state index in [1.165, 1.54) is 22.3 Å². The lowest BCUT2D eigenvalue weighted by molar-refractivity contribution is -0.127. The van der Waals surface area contributed by atoms with Crippen molar-refractivity contribution >= 4 is 34.2 Å². The molecule has 0 unspecified atom stereocenters. The lowest BCUT2D eigenvalue weighted by Gasteiger charge is -2.38. The maximum atomic E-state index is 14.7. The summed E-state index contributed by atoms with van der Waals surface area (Å²) >= 11 is 0. The van der Waals surface area contributed by atoms with Crippen LogP contribution in [-0.4, -0.2) is 73.8 Å². The van der Waals surface area contributed by atoms with Crippen LogP contribution >= 0.6 is 0 Å². The zero-order valence-electron chi connectivity index (χ0n) is 19.1. The lowest BCUT2D eigenvalue weighted by atomic mass is 10.1. The second-order valence-electron chi connectivity index (χ2n) is 8.12. The van der Waals surface area contributed by atoms with Crippen molar-refractivity contribution in [3.63, 3.8) is 0 Å². The number of guanidine groups is 1. The monoisotopic (exact) mass is 490 g/mol. The van der Waals surface area contributed by atoms with Gasteiger partial charge in [0.25, 0.3) is 11.7 Å². The third-order valence-electron chi connectivity index (χ3n) is 6.07. The van der Waals surface area contributed by atoms with Crippen LogP contribution in [0.5, 0.6) is 0 Å². The van der Waals surface area contributed by atoms with Gasteiger partial charge in [0.2, 0.25) is 5.96 Å². The number of carbonyl (C=O) groups is 2. The second-order valence-corrected chi connectivity index (χ2v) is 8.12. The highest BCUT2D eigenvalue weighted by molar-refractivity contribution is 6.45. The number of nitrogens with one attached hydrogen (secondary N) is 2. The minimum Gasteiger partial charge on any atom is -0.359 e. The summed E-state index contributed by atoms with van der Waals surface area (Å²) in [6, 6.07) is 10.9. The number of nitrogens with zero attached hydrogens (tertiary/aromatic N) is 6. The molecule has 184 valence electrons. The van der Waals surface area contributed by atoms with Crippen molar-refractivity contribution in [2.45, 2.75) is 0 Å². The Bertz CT molecular complexity index is 1430. The first-order chi connectivity index (χ1) is 17.5. The van der Waals surface area contributed by atoms with Gasteiger partial charge in [-0.05, 0) is 18.2 Å². The smallest absolute Gasteiger partial charge is 0.295 e. The van der Waals surface area contributed by atoms with Crippen LogP contribution in [0.3, 0.4) is 0 Å². The molecule has 0 radical (unpaired) electrons. The van der Waals surface area contributed by atoms with E-state index in [0.29, 0.717) is 41.6 Å². The Balaban J connectivity index is 1.31. The number of pyridine rings is 1. The summed E-state index contributed by atoms with van der Waals surface area (Å²) in [5, 5.41) is 11.8. The Morgan fingerprint density at radius 2 is 1.81 bits per heavy atom. The zero-order chi connectivity index (χ0) is 25.2.